The highest BCUT2D eigenvalue weighted by atomic mass is 16.3. The topological polar surface area (TPSA) is 67.8 Å². The summed E-state index contributed by atoms with van der Waals surface area (Å²) in [4.78, 5) is 12.4. The van der Waals surface area contributed by atoms with E-state index >= 15 is 0 Å². The van der Waals surface area contributed by atoms with Gasteiger partial charge in [0.25, 0.3) is 0 Å². The van der Waals surface area contributed by atoms with Crippen molar-refractivity contribution in [2.24, 2.45) is 11.7 Å². The number of likely N-dealkylation sites (tertiary alicyclic amines) is 1. The van der Waals surface area contributed by atoms with E-state index in [0.717, 1.165) is 31.5 Å². The van der Waals surface area contributed by atoms with Crippen LogP contribution in [0.3, 0.4) is 0 Å². The Morgan fingerprint density at radius 2 is 1.94 bits per heavy atom. The Hall–Kier alpha value is -1.39. The predicted octanol–water partition coefficient (Wildman–Crippen LogP) is -0.500. The zero-order valence-corrected chi connectivity index (χ0v) is 10.5. The van der Waals surface area contributed by atoms with Crippen molar-refractivity contribution in [2.45, 2.75) is 18.9 Å². The van der Waals surface area contributed by atoms with Gasteiger partial charge in [-0.05, 0) is 5.56 Å². The Labute approximate surface area is 107 Å². The van der Waals surface area contributed by atoms with Crippen LogP contribution in [0.5, 0.6) is 0 Å². The molecular weight excluding hydrogens is 228 g/mol. The first-order valence-corrected chi connectivity index (χ1v) is 6.52. The Morgan fingerprint density at radius 3 is 2.50 bits per heavy atom. The fourth-order valence-electron chi connectivity index (χ4n) is 2.58. The fourth-order valence-corrected chi connectivity index (χ4v) is 2.58. The first-order valence-electron chi connectivity index (χ1n) is 6.52. The van der Waals surface area contributed by atoms with Gasteiger partial charge in [0.2, 0.25) is 5.91 Å². The van der Waals surface area contributed by atoms with E-state index in [9.17, 15) is 9.90 Å². The van der Waals surface area contributed by atoms with Gasteiger partial charge in [0.15, 0.2) is 0 Å². The smallest absolute Gasteiger partial charge is 0.220 e. The third-order valence-electron chi connectivity index (χ3n) is 3.76. The van der Waals surface area contributed by atoms with Crippen molar-refractivity contribution >= 4 is 5.91 Å². The van der Waals surface area contributed by atoms with Crippen LogP contribution in [0.4, 0.5) is 0 Å². The number of quaternary nitrogens is 1. The van der Waals surface area contributed by atoms with Crippen molar-refractivity contribution < 1.29 is 14.8 Å². The molecule has 0 radical (unpaired) electrons. The van der Waals surface area contributed by atoms with Crippen LogP contribution < -0.4 is 10.6 Å². The number of carbonyl (C=O) groups excluding carboxylic acids is 1. The molecule has 1 amide bonds. The highest BCUT2D eigenvalue weighted by Crippen LogP contribution is 2.11. The van der Waals surface area contributed by atoms with Crippen LogP contribution in [-0.4, -0.2) is 30.6 Å². The lowest BCUT2D eigenvalue weighted by molar-refractivity contribution is -0.909. The van der Waals surface area contributed by atoms with Crippen molar-refractivity contribution in [1.29, 1.82) is 0 Å². The molecule has 0 saturated carbocycles. The zero-order chi connectivity index (χ0) is 13.0. The van der Waals surface area contributed by atoms with E-state index in [2.05, 4.69) is 0 Å². The molecule has 4 nitrogen and oxygen atoms in total. The second-order valence-corrected chi connectivity index (χ2v) is 5.06. The summed E-state index contributed by atoms with van der Waals surface area (Å²) in [7, 11) is 0. The summed E-state index contributed by atoms with van der Waals surface area (Å²) in [5.41, 5.74) is 6.27. The van der Waals surface area contributed by atoms with Crippen molar-refractivity contribution in [3.05, 3.63) is 35.9 Å². The standard InChI is InChI=1S/C14H20N2O2/c15-14(18)12-6-8-16(9-7-12)10-13(17)11-4-2-1-3-5-11/h1-5,12-13,17H,6-10H2,(H2,15,18)/p+1/t13-/m1/s1. The van der Waals surface area contributed by atoms with Crippen LogP contribution in [0.1, 0.15) is 24.5 Å². The van der Waals surface area contributed by atoms with Crippen molar-refractivity contribution in [2.75, 3.05) is 19.6 Å². The lowest BCUT2D eigenvalue weighted by Crippen LogP contribution is -3.13. The van der Waals surface area contributed by atoms with E-state index in [1.807, 2.05) is 30.3 Å². The molecule has 18 heavy (non-hydrogen) atoms. The van der Waals surface area contributed by atoms with Gasteiger partial charge in [0.1, 0.15) is 12.6 Å². The zero-order valence-electron chi connectivity index (χ0n) is 10.5. The van der Waals surface area contributed by atoms with E-state index in [1.54, 1.807) is 0 Å². The van der Waals surface area contributed by atoms with Gasteiger partial charge >= 0.3 is 0 Å². The summed E-state index contributed by atoms with van der Waals surface area (Å²) < 4.78 is 0. The molecular formula is C14H21N2O2+. The van der Waals surface area contributed by atoms with Gasteiger partial charge in [-0.1, -0.05) is 30.3 Å². The normalized spacial score (nSPS) is 25.6. The quantitative estimate of drug-likeness (QED) is 0.673. The Kier molecular flexibility index (Phi) is 4.33. The van der Waals surface area contributed by atoms with Gasteiger partial charge < -0.3 is 15.7 Å². The van der Waals surface area contributed by atoms with E-state index in [-0.39, 0.29) is 11.8 Å². The van der Waals surface area contributed by atoms with Gasteiger partial charge in [-0.2, -0.15) is 0 Å². The number of hydrogen-bond acceptors (Lipinski definition) is 2. The van der Waals surface area contributed by atoms with E-state index < -0.39 is 6.10 Å². The third kappa shape index (κ3) is 3.31. The van der Waals surface area contributed by atoms with E-state index in [1.165, 1.54) is 4.90 Å². The maximum atomic E-state index is 11.1. The lowest BCUT2D eigenvalue weighted by atomic mass is 9.96. The monoisotopic (exact) mass is 249 g/mol. The van der Waals surface area contributed by atoms with Crippen LogP contribution in [0.2, 0.25) is 0 Å². The van der Waals surface area contributed by atoms with Crippen molar-refractivity contribution in [3.63, 3.8) is 0 Å². The molecule has 4 N–H and O–H groups in total. The maximum absolute atomic E-state index is 11.1. The van der Waals surface area contributed by atoms with Crippen LogP contribution in [0.25, 0.3) is 0 Å². The molecule has 98 valence electrons. The Balaban J connectivity index is 1.83. The molecule has 1 atom stereocenters. The molecule has 1 aromatic rings. The first-order chi connectivity index (χ1) is 8.66. The molecule has 0 aliphatic carbocycles. The molecule has 1 heterocycles. The van der Waals surface area contributed by atoms with E-state index in [0.29, 0.717) is 6.54 Å². The lowest BCUT2D eigenvalue weighted by Gasteiger charge is -2.29. The molecule has 0 spiro atoms. The fraction of sp³-hybridized carbons (Fsp3) is 0.500. The SMILES string of the molecule is NC(=O)C1CC[NH+](C[C@@H](O)c2ccccc2)CC1. The second-order valence-electron chi connectivity index (χ2n) is 5.06. The number of nitrogens with two attached hydrogens (primary N) is 1. The number of carbonyl (C=O) groups is 1. The summed E-state index contributed by atoms with van der Waals surface area (Å²) in [6.07, 6.45) is 1.25. The van der Waals surface area contributed by atoms with Crippen molar-refractivity contribution in [3.8, 4) is 0 Å². The molecule has 1 aromatic carbocycles. The number of rotatable bonds is 4. The Bertz CT molecular complexity index is 386. The van der Waals surface area contributed by atoms with Gasteiger partial charge in [0.05, 0.1) is 13.1 Å². The molecule has 0 aromatic heterocycles. The second kappa shape index (κ2) is 5.98. The van der Waals surface area contributed by atoms with Gasteiger partial charge in [0, 0.05) is 18.8 Å². The minimum absolute atomic E-state index is 0.0302. The highest BCUT2D eigenvalue weighted by Gasteiger charge is 2.27. The third-order valence-corrected chi connectivity index (χ3v) is 3.76. The largest absolute Gasteiger partial charge is 0.382 e. The molecule has 1 aliphatic rings. The summed E-state index contributed by atoms with van der Waals surface area (Å²) in [5, 5.41) is 10.1. The number of nitrogens with one attached hydrogen (secondary N) is 1. The minimum atomic E-state index is -0.425. The molecule has 0 bridgehead atoms. The number of hydrogen-bond donors (Lipinski definition) is 3. The average molecular weight is 249 g/mol. The predicted molar refractivity (Wildman–Crippen MR) is 68.9 cm³/mol. The maximum Gasteiger partial charge on any atom is 0.220 e. The molecule has 2 rings (SSSR count). The number of primary amides is 1. The van der Waals surface area contributed by atoms with Gasteiger partial charge in [-0.25, -0.2) is 0 Å². The van der Waals surface area contributed by atoms with E-state index in [4.69, 9.17) is 5.73 Å². The average Bonchev–Trinajstić information content (AvgIpc) is 2.40. The minimum Gasteiger partial charge on any atom is -0.382 e. The molecule has 1 fully saturated rings. The van der Waals surface area contributed by atoms with Crippen molar-refractivity contribution in [1.82, 2.24) is 0 Å². The highest BCUT2D eigenvalue weighted by molar-refractivity contribution is 5.76. The molecule has 1 saturated heterocycles. The number of aliphatic hydroxyl groups is 1. The molecule has 4 heteroatoms. The number of amides is 1. The van der Waals surface area contributed by atoms with Gasteiger partial charge in [-0.15, -0.1) is 0 Å². The summed E-state index contributed by atoms with van der Waals surface area (Å²) in [6, 6.07) is 9.71. The summed E-state index contributed by atoms with van der Waals surface area (Å²) in [6.45, 7) is 2.53. The summed E-state index contributed by atoms with van der Waals surface area (Å²) >= 11 is 0. The van der Waals surface area contributed by atoms with Crippen LogP contribution in [0.15, 0.2) is 30.3 Å². The molecule has 0 unspecified atom stereocenters. The Morgan fingerprint density at radius 1 is 1.33 bits per heavy atom. The molecule has 1 aliphatic heterocycles. The van der Waals surface area contributed by atoms with Crippen LogP contribution >= 0.6 is 0 Å². The first kappa shape index (κ1) is 13.1. The summed E-state index contributed by atoms with van der Waals surface area (Å²) in [5.74, 6) is -0.153. The van der Waals surface area contributed by atoms with Crippen LogP contribution in [0, 0.1) is 5.92 Å². The number of aliphatic hydroxyl groups excluding tert-OH is 1. The van der Waals surface area contributed by atoms with Gasteiger partial charge in [-0.3, -0.25) is 4.79 Å². The number of piperidine rings is 1. The number of benzene rings is 1. The van der Waals surface area contributed by atoms with Crippen LogP contribution in [-0.2, 0) is 4.79 Å².